The Morgan fingerprint density at radius 1 is 1.32 bits per heavy atom. The van der Waals surface area contributed by atoms with E-state index in [9.17, 15) is 4.79 Å². The van der Waals surface area contributed by atoms with Crippen molar-refractivity contribution < 1.29 is 9.90 Å². The molecule has 96 valence electrons. The highest BCUT2D eigenvalue weighted by atomic mass is 35.5. The second kappa shape index (κ2) is 5.97. The minimum Gasteiger partial charge on any atom is -0.478 e. The number of carboxylic acid groups (broad SMARTS) is 1. The van der Waals surface area contributed by atoms with E-state index in [1.54, 1.807) is 36.8 Å². The van der Waals surface area contributed by atoms with Gasteiger partial charge in [-0.3, -0.25) is 10.4 Å². The summed E-state index contributed by atoms with van der Waals surface area (Å²) >= 11 is 5.77. The van der Waals surface area contributed by atoms with Crippen molar-refractivity contribution in [3.05, 3.63) is 58.9 Å². The Bertz CT molecular complexity index is 615. The number of nitrogens with one attached hydrogen (secondary N) is 1. The molecule has 2 aromatic rings. The molecular formula is C13H10ClN3O2. The Balaban J connectivity index is 2.10. The Hall–Kier alpha value is -2.40. The van der Waals surface area contributed by atoms with Gasteiger partial charge in [0.2, 0.25) is 0 Å². The molecule has 0 aliphatic carbocycles. The third kappa shape index (κ3) is 3.53. The third-order valence-electron chi connectivity index (χ3n) is 2.31. The summed E-state index contributed by atoms with van der Waals surface area (Å²) in [5.41, 5.74) is 4.21. The Kier molecular flexibility index (Phi) is 4.10. The molecule has 0 aliphatic rings. The van der Waals surface area contributed by atoms with Gasteiger partial charge in [0.1, 0.15) is 0 Å². The zero-order valence-electron chi connectivity index (χ0n) is 9.75. The zero-order chi connectivity index (χ0) is 13.7. The lowest BCUT2D eigenvalue weighted by molar-refractivity contribution is 0.0697. The molecule has 0 atom stereocenters. The second-order valence-electron chi connectivity index (χ2n) is 3.65. The molecule has 1 aromatic heterocycles. The molecule has 2 N–H and O–H groups in total. The molecule has 0 spiro atoms. The number of pyridine rings is 1. The van der Waals surface area contributed by atoms with E-state index in [1.165, 1.54) is 12.1 Å². The maximum atomic E-state index is 10.9. The van der Waals surface area contributed by atoms with Crippen LogP contribution in [0.5, 0.6) is 0 Å². The van der Waals surface area contributed by atoms with E-state index in [1.807, 2.05) is 0 Å². The largest absolute Gasteiger partial charge is 0.478 e. The summed E-state index contributed by atoms with van der Waals surface area (Å²) in [6.07, 6.45) is 4.93. The highest BCUT2D eigenvalue weighted by Crippen LogP contribution is 2.20. The standard InChI is InChI=1S/C13H10ClN3O2/c14-12-2-1-10(7-11(12)13(18)19)17-16-8-9-3-5-15-6-4-9/h1-8,17H,(H,18,19)/b16-8-. The summed E-state index contributed by atoms with van der Waals surface area (Å²) in [5.74, 6) is -1.08. The van der Waals surface area contributed by atoms with Crippen LogP contribution in [-0.2, 0) is 0 Å². The van der Waals surface area contributed by atoms with Crippen molar-refractivity contribution in [3.63, 3.8) is 0 Å². The quantitative estimate of drug-likeness (QED) is 0.665. The van der Waals surface area contributed by atoms with Gasteiger partial charge in [-0.15, -0.1) is 0 Å². The molecule has 2 rings (SSSR count). The number of aromatic carboxylic acids is 1. The minimum atomic E-state index is -1.08. The number of anilines is 1. The number of halogens is 1. The molecule has 0 radical (unpaired) electrons. The fourth-order valence-corrected chi connectivity index (χ4v) is 1.59. The van der Waals surface area contributed by atoms with Gasteiger partial charge in [-0.05, 0) is 35.9 Å². The first-order valence-electron chi connectivity index (χ1n) is 5.39. The van der Waals surface area contributed by atoms with Crippen molar-refractivity contribution in [2.24, 2.45) is 5.10 Å². The number of nitrogens with zero attached hydrogens (tertiary/aromatic N) is 2. The predicted molar refractivity (Wildman–Crippen MR) is 73.9 cm³/mol. The molecule has 6 heteroatoms. The molecular weight excluding hydrogens is 266 g/mol. The molecule has 0 unspecified atom stereocenters. The van der Waals surface area contributed by atoms with Gasteiger partial charge in [-0.25, -0.2) is 4.79 Å². The maximum Gasteiger partial charge on any atom is 0.337 e. The van der Waals surface area contributed by atoms with Gasteiger partial charge in [-0.1, -0.05) is 11.6 Å². The SMILES string of the molecule is O=C(O)c1cc(N/N=C\c2ccncc2)ccc1Cl. The van der Waals surface area contributed by atoms with Gasteiger partial charge in [0, 0.05) is 12.4 Å². The van der Waals surface area contributed by atoms with E-state index in [0.717, 1.165) is 5.56 Å². The van der Waals surface area contributed by atoms with Gasteiger partial charge in [0.05, 0.1) is 22.5 Å². The average molecular weight is 276 g/mol. The fourth-order valence-electron chi connectivity index (χ4n) is 1.39. The summed E-state index contributed by atoms with van der Waals surface area (Å²) in [7, 11) is 0. The van der Waals surface area contributed by atoms with Crippen LogP contribution >= 0.6 is 11.6 Å². The summed E-state index contributed by atoms with van der Waals surface area (Å²) in [4.78, 5) is 14.8. The van der Waals surface area contributed by atoms with Crippen molar-refractivity contribution in [1.29, 1.82) is 0 Å². The Labute approximate surface area is 114 Å². The van der Waals surface area contributed by atoms with Crippen molar-refractivity contribution in [3.8, 4) is 0 Å². The van der Waals surface area contributed by atoms with Gasteiger partial charge in [-0.2, -0.15) is 5.10 Å². The van der Waals surface area contributed by atoms with Gasteiger partial charge >= 0.3 is 5.97 Å². The van der Waals surface area contributed by atoms with Crippen molar-refractivity contribution in [2.45, 2.75) is 0 Å². The molecule has 0 bridgehead atoms. The molecule has 0 saturated heterocycles. The Morgan fingerprint density at radius 3 is 2.74 bits per heavy atom. The van der Waals surface area contributed by atoms with E-state index in [0.29, 0.717) is 5.69 Å². The minimum absolute atomic E-state index is 0.0331. The highest BCUT2D eigenvalue weighted by molar-refractivity contribution is 6.33. The lowest BCUT2D eigenvalue weighted by Gasteiger charge is -2.03. The molecule has 19 heavy (non-hydrogen) atoms. The molecule has 0 amide bonds. The monoisotopic (exact) mass is 275 g/mol. The summed E-state index contributed by atoms with van der Waals surface area (Å²) in [6.45, 7) is 0. The summed E-state index contributed by atoms with van der Waals surface area (Å²) in [5, 5.41) is 13.1. The predicted octanol–water partition coefficient (Wildman–Crippen LogP) is 2.88. The molecule has 0 aliphatic heterocycles. The smallest absolute Gasteiger partial charge is 0.337 e. The number of carboxylic acids is 1. The molecule has 0 fully saturated rings. The topological polar surface area (TPSA) is 74.6 Å². The van der Waals surface area contributed by atoms with E-state index in [-0.39, 0.29) is 10.6 Å². The molecule has 5 nitrogen and oxygen atoms in total. The van der Waals surface area contributed by atoms with Crippen molar-refractivity contribution in [2.75, 3.05) is 5.43 Å². The van der Waals surface area contributed by atoms with Crippen LogP contribution in [0.15, 0.2) is 47.8 Å². The molecule has 1 aromatic carbocycles. The Morgan fingerprint density at radius 2 is 2.05 bits per heavy atom. The van der Waals surface area contributed by atoms with Crippen LogP contribution in [0.2, 0.25) is 5.02 Å². The lowest BCUT2D eigenvalue weighted by Crippen LogP contribution is -1.99. The maximum absolute atomic E-state index is 10.9. The van der Waals surface area contributed by atoms with Gasteiger partial charge in [0.25, 0.3) is 0 Å². The van der Waals surface area contributed by atoms with Gasteiger partial charge in [0.15, 0.2) is 0 Å². The highest BCUT2D eigenvalue weighted by Gasteiger charge is 2.08. The van der Waals surface area contributed by atoms with E-state index >= 15 is 0 Å². The average Bonchev–Trinajstić information content (AvgIpc) is 2.41. The van der Waals surface area contributed by atoms with Crippen LogP contribution in [0.25, 0.3) is 0 Å². The lowest BCUT2D eigenvalue weighted by atomic mass is 10.2. The van der Waals surface area contributed by atoms with Crippen molar-refractivity contribution >= 4 is 29.5 Å². The third-order valence-corrected chi connectivity index (χ3v) is 2.64. The van der Waals surface area contributed by atoms with Crippen LogP contribution in [0.1, 0.15) is 15.9 Å². The van der Waals surface area contributed by atoms with Crippen molar-refractivity contribution in [1.82, 2.24) is 4.98 Å². The van der Waals surface area contributed by atoms with Crippen LogP contribution in [0.3, 0.4) is 0 Å². The normalized spacial score (nSPS) is 10.6. The summed E-state index contributed by atoms with van der Waals surface area (Å²) < 4.78 is 0. The van der Waals surface area contributed by atoms with Crippen LogP contribution in [-0.4, -0.2) is 22.3 Å². The number of benzene rings is 1. The molecule has 1 heterocycles. The van der Waals surface area contributed by atoms with Crippen LogP contribution in [0.4, 0.5) is 5.69 Å². The first kappa shape index (κ1) is 13.0. The first-order chi connectivity index (χ1) is 9.16. The molecule has 0 saturated carbocycles. The zero-order valence-corrected chi connectivity index (χ0v) is 10.5. The number of hydrazone groups is 1. The fraction of sp³-hybridized carbons (Fsp3) is 0. The van der Waals surface area contributed by atoms with Crippen LogP contribution in [0, 0.1) is 0 Å². The second-order valence-corrected chi connectivity index (χ2v) is 4.06. The number of hydrogen-bond acceptors (Lipinski definition) is 4. The van der Waals surface area contributed by atoms with Crippen LogP contribution < -0.4 is 5.43 Å². The van der Waals surface area contributed by atoms with E-state index in [4.69, 9.17) is 16.7 Å². The van der Waals surface area contributed by atoms with Gasteiger partial charge < -0.3 is 5.11 Å². The van der Waals surface area contributed by atoms with E-state index in [2.05, 4.69) is 15.5 Å². The van der Waals surface area contributed by atoms with E-state index < -0.39 is 5.97 Å². The first-order valence-corrected chi connectivity index (χ1v) is 5.76. The number of hydrogen-bond donors (Lipinski definition) is 2. The number of aromatic nitrogens is 1. The number of carbonyl (C=O) groups is 1. The summed E-state index contributed by atoms with van der Waals surface area (Å²) in [6, 6.07) is 8.19. The number of rotatable bonds is 4.